The minimum Gasteiger partial charge on any atom is -0.367 e. The summed E-state index contributed by atoms with van der Waals surface area (Å²) < 4.78 is 19.4. The largest absolute Gasteiger partial charge is 0.367 e. The molecule has 32 heavy (non-hydrogen) atoms. The molecule has 2 aliphatic heterocycles. The highest BCUT2D eigenvalue weighted by molar-refractivity contribution is 14.0. The van der Waals surface area contributed by atoms with E-state index in [-0.39, 0.29) is 54.0 Å². The Kier molecular flexibility index (Phi) is 10.6. The Morgan fingerprint density at radius 1 is 1.28 bits per heavy atom. The fraction of sp³-hybridized carbons (Fsp3) is 0.652. The Morgan fingerprint density at radius 2 is 2.00 bits per heavy atom. The SMILES string of the molecule is CN=C(NCCCN1CCCC1C(=O)N(C)C)N1CC(C)OC(c2ccc(F)cc2)C1.I. The molecule has 0 radical (unpaired) electrons. The third kappa shape index (κ3) is 7.02. The predicted molar refractivity (Wildman–Crippen MR) is 136 cm³/mol. The molecule has 7 nitrogen and oxygen atoms in total. The zero-order chi connectivity index (χ0) is 22.4. The number of nitrogens with zero attached hydrogens (tertiary/aromatic N) is 4. The number of rotatable bonds is 6. The van der Waals surface area contributed by atoms with Gasteiger partial charge in [-0.3, -0.25) is 14.7 Å². The van der Waals surface area contributed by atoms with E-state index in [1.54, 1.807) is 24.1 Å². The van der Waals surface area contributed by atoms with Gasteiger partial charge in [0.1, 0.15) is 11.9 Å². The van der Waals surface area contributed by atoms with Gasteiger partial charge in [-0.15, -0.1) is 24.0 Å². The van der Waals surface area contributed by atoms with Gasteiger partial charge in [-0.2, -0.15) is 0 Å². The van der Waals surface area contributed by atoms with Crippen molar-refractivity contribution in [2.75, 3.05) is 53.9 Å². The monoisotopic (exact) mass is 561 g/mol. The number of aliphatic imine (C=N–C) groups is 1. The third-order valence-corrected chi connectivity index (χ3v) is 6.01. The van der Waals surface area contributed by atoms with Crippen LogP contribution in [0.1, 0.15) is 37.9 Å². The maximum absolute atomic E-state index is 13.3. The van der Waals surface area contributed by atoms with Gasteiger partial charge in [0.2, 0.25) is 5.91 Å². The van der Waals surface area contributed by atoms with Gasteiger partial charge >= 0.3 is 0 Å². The van der Waals surface area contributed by atoms with Crippen molar-refractivity contribution in [1.29, 1.82) is 0 Å². The number of ether oxygens (including phenoxy) is 1. The number of carbonyl (C=O) groups excluding carboxylic acids is 1. The second-order valence-electron chi connectivity index (χ2n) is 8.65. The number of carbonyl (C=O) groups is 1. The van der Waals surface area contributed by atoms with Crippen LogP contribution in [0.15, 0.2) is 29.3 Å². The van der Waals surface area contributed by atoms with Gasteiger partial charge in [0.05, 0.1) is 18.7 Å². The number of halogens is 2. The summed E-state index contributed by atoms with van der Waals surface area (Å²) in [4.78, 5) is 23.0. The van der Waals surface area contributed by atoms with Gasteiger partial charge in [-0.1, -0.05) is 12.1 Å². The number of likely N-dealkylation sites (tertiary alicyclic amines) is 1. The zero-order valence-corrected chi connectivity index (χ0v) is 21.9. The highest BCUT2D eigenvalue weighted by Gasteiger charge is 2.31. The maximum atomic E-state index is 13.3. The van der Waals surface area contributed by atoms with Crippen molar-refractivity contribution in [1.82, 2.24) is 20.0 Å². The summed E-state index contributed by atoms with van der Waals surface area (Å²) in [5.41, 5.74) is 0.971. The number of guanidine groups is 1. The molecule has 1 aromatic rings. The average Bonchev–Trinajstić information content (AvgIpc) is 3.21. The molecule has 1 aromatic carbocycles. The lowest BCUT2D eigenvalue weighted by Crippen LogP contribution is -2.51. The van der Waals surface area contributed by atoms with Gasteiger partial charge in [0.15, 0.2) is 5.96 Å². The fourth-order valence-corrected chi connectivity index (χ4v) is 4.47. The third-order valence-electron chi connectivity index (χ3n) is 6.01. The number of likely N-dealkylation sites (N-methyl/N-ethyl adjacent to an activating group) is 1. The second-order valence-corrected chi connectivity index (χ2v) is 8.65. The van der Waals surface area contributed by atoms with E-state index in [1.807, 2.05) is 21.0 Å². The van der Waals surface area contributed by atoms with Crippen LogP contribution in [0.25, 0.3) is 0 Å². The molecule has 0 bridgehead atoms. The Hall–Kier alpha value is -1.46. The predicted octanol–water partition coefficient (Wildman–Crippen LogP) is 2.72. The van der Waals surface area contributed by atoms with Gasteiger partial charge in [0, 0.05) is 40.8 Å². The van der Waals surface area contributed by atoms with Crippen LogP contribution in [-0.4, -0.2) is 92.6 Å². The van der Waals surface area contributed by atoms with E-state index in [9.17, 15) is 9.18 Å². The van der Waals surface area contributed by atoms with Crippen molar-refractivity contribution < 1.29 is 13.9 Å². The van der Waals surface area contributed by atoms with Gasteiger partial charge < -0.3 is 19.9 Å². The first-order valence-corrected chi connectivity index (χ1v) is 11.2. The molecule has 2 fully saturated rings. The summed E-state index contributed by atoms with van der Waals surface area (Å²) in [6, 6.07) is 6.54. The number of hydrogen-bond donors (Lipinski definition) is 1. The van der Waals surface area contributed by atoms with Crippen molar-refractivity contribution in [3.05, 3.63) is 35.6 Å². The summed E-state index contributed by atoms with van der Waals surface area (Å²) in [5, 5.41) is 3.47. The molecule has 2 heterocycles. The van der Waals surface area contributed by atoms with E-state index in [2.05, 4.69) is 20.1 Å². The molecule has 0 aliphatic carbocycles. The van der Waals surface area contributed by atoms with Gasteiger partial charge in [-0.25, -0.2) is 4.39 Å². The molecular formula is C23H37FIN5O2. The molecule has 0 aromatic heterocycles. The average molecular weight is 561 g/mol. The lowest BCUT2D eigenvalue weighted by molar-refractivity contribution is -0.133. The van der Waals surface area contributed by atoms with Gasteiger partial charge in [-0.05, 0) is 50.4 Å². The van der Waals surface area contributed by atoms with E-state index in [4.69, 9.17) is 4.74 Å². The molecular weight excluding hydrogens is 524 g/mol. The first-order chi connectivity index (χ1) is 14.9. The minimum atomic E-state index is -0.241. The summed E-state index contributed by atoms with van der Waals surface area (Å²) in [6.07, 6.45) is 2.89. The Morgan fingerprint density at radius 3 is 2.66 bits per heavy atom. The molecule has 180 valence electrons. The van der Waals surface area contributed by atoms with Crippen LogP contribution < -0.4 is 5.32 Å². The standard InChI is InChI=1S/C23H36FN5O2.HI/c1-17-15-29(16-21(31-17)18-8-10-19(24)11-9-18)23(25-2)26-12-6-14-28-13-5-7-20(28)22(30)27(3)4;/h8-11,17,20-21H,5-7,12-16H2,1-4H3,(H,25,26);1H. The van der Waals surface area contributed by atoms with Crippen LogP contribution in [-0.2, 0) is 9.53 Å². The maximum Gasteiger partial charge on any atom is 0.239 e. The molecule has 2 saturated heterocycles. The molecule has 3 atom stereocenters. The molecule has 9 heteroatoms. The highest BCUT2D eigenvalue weighted by atomic mass is 127. The first kappa shape index (κ1) is 26.8. The van der Waals surface area contributed by atoms with Crippen LogP contribution in [0.3, 0.4) is 0 Å². The van der Waals surface area contributed by atoms with Crippen LogP contribution in [0.2, 0.25) is 0 Å². The van der Waals surface area contributed by atoms with E-state index >= 15 is 0 Å². The van der Waals surface area contributed by atoms with E-state index in [1.165, 1.54) is 12.1 Å². The lowest BCUT2D eigenvalue weighted by atomic mass is 10.1. The molecule has 0 saturated carbocycles. The number of nitrogens with one attached hydrogen (secondary N) is 1. The van der Waals surface area contributed by atoms with Crippen LogP contribution in [0.4, 0.5) is 4.39 Å². The van der Waals surface area contributed by atoms with Crippen LogP contribution in [0, 0.1) is 5.82 Å². The van der Waals surface area contributed by atoms with Crippen molar-refractivity contribution in [2.45, 2.75) is 44.4 Å². The number of hydrogen-bond acceptors (Lipinski definition) is 4. The molecule has 1 amide bonds. The van der Waals surface area contributed by atoms with Crippen molar-refractivity contribution in [3.8, 4) is 0 Å². The summed E-state index contributed by atoms with van der Waals surface area (Å²) in [7, 11) is 5.45. The normalized spacial score (nSPS) is 24.2. The second kappa shape index (κ2) is 12.7. The number of benzene rings is 1. The summed E-state index contributed by atoms with van der Waals surface area (Å²) in [6.45, 7) is 6.14. The fourth-order valence-electron chi connectivity index (χ4n) is 4.47. The Bertz CT molecular complexity index is 761. The smallest absolute Gasteiger partial charge is 0.239 e. The zero-order valence-electron chi connectivity index (χ0n) is 19.6. The van der Waals surface area contributed by atoms with Gasteiger partial charge in [0.25, 0.3) is 0 Å². The Balaban J connectivity index is 0.00000363. The van der Waals surface area contributed by atoms with E-state index in [0.29, 0.717) is 6.54 Å². The van der Waals surface area contributed by atoms with Crippen molar-refractivity contribution >= 4 is 35.8 Å². The highest BCUT2D eigenvalue weighted by Crippen LogP contribution is 2.25. The molecule has 3 rings (SSSR count). The quantitative estimate of drug-likeness (QED) is 0.251. The summed E-state index contributed by atoms with van der Waals surface area (Å²) in [5.74, 6) is 0.814. The summed E-state index contributed by atoms with van der Waals surface area (Å²) >= 11 is 0. The number of amides is 1. The lowest BCUT2D eigenvalue weighted by Gasteiger charge is -2.38. The minimum absolute atomic E-state index is 0. The molecule has 3 unspecified atom stereocenters. The topological polar surface area (TPSA) is 60.4 Å². The Labute approximate surface area is 208 Å². The molecule has 0 spiro atoms. The molecule has 1 N–H and O–H groups in total. The van der Waals surface area contributed by atoms with E-state index in [0.717, 1.165) is 57.0 Å². The van der Waals surface area contributed by atoms with E-state index < -0.39 is 0 Å². The van der Waals surface area contributed by atoms with Crippen molar-refractivity contribution in [2.24, 2.45) is 4.99 Å². The van der Waals surface area contributed by atoms with Crippen LogP contribution >= 0.6 is 24.0 Å². The number of morpholine rings is 1. The molecule has 2 aliphatic rings. The first-order valence-electron chi connectivity index (χ1n) is 11.2. The van der Waals surface area contributed by atoms with Crippen molar-refractivity contribution in [3.63, 3.8) is 0 Å². The van der Waals surface area contributed by atoms with Crippen LogP contribution in [0.5, 0.6) is 0 Å².